The molecule has 1 aromatic carbocycles. The van der Waals surface area contributed by atoms with Crippen LogP contribution in [0.3, 0.4) is 0 Å². The maximum Gasteiger partial charge on any atom is 0.416 e. The van der Waals surface area contributed by atoms with Gasteiger partial charge in [0.05, 0.1) is 11.1 Å². The van der Waals surface area contributed by atoms with E-state index in [1.54, 1.807) is 0 Å². The zero-order valence-corrected chi connectivity index (χ0v) is 16.1. The van der Waals surface area contributed by atoms with Gasteiger partial charge in [-0.25, -0.2) is 4.98 Å². The first-order valence-corrected chi connectivity index (χ1v) is 9.86. The molecule has 1 aromatic heterocycles. The van der Waals surface area contributed by atoms with Crippen molar-refractivity contribution >= 4 is 28.1 Å². The SMILES string of the molecule is CC1=Nc2c(N3CCN(C)CC3)nc3ccc(C(F)(F)F)cc3c2C2CCC12. The smallest absolute Gasteiger partial charge is 0.352 e. The minimum atomic E-state index is -4.36. The van der Waals surface area contributed by atoms with Gasteiger partial charge in [-0.3, -0.25) is 4.99 Å². The lowest BCUT2D eigenvalue weighted by Crippen LogP contribution is -2.45. The molecule has 5 rings (SSSR count). The minimum Gasteiger partial charge on any atom is -0.352 e. The quantitative estimate of drug-likeness (QED) is 0.715. The summed E-state index contributed by atoms with van der Waals surface area (Å²) in [5.74, 6) is 1.45. The number of anilines is 1. The molecule has 4 nitrogen and oxygen atoms in total. The van der Waals surface area contributed by atoms with Gasteiger partial charge in [0.15, 0.2) is 5.82 Å². The van der Waals surface area contributed by atoms with Crippen LogP contribution in [-0.4, -0.2) is 48.8 Å². The number of likely N-dealkylation sites (N-methyl/N-ethyl adjacent to an activating group) is 1. The normalized spacial score (nSPS) is 25.2. The molecule has 2 atom stereocenters. The van der Waals surface area contributed by atoms with Crippen LogP contribution in [0.25, 0.3) is 10.9 Å². The van der Waals surface area contributed by atoms with Crippen LogP contribution < -0.4 is 4.90 Å². The van der Waals surface area contributed by atoms with Crippen LogP contribution in [-0.2, 0) is 6.18 Å². The van der Waals surface area contributed by atoms with Gasteiger partial charge < -0.3 is 9.80 Å². The van der Waals surface area contributed by atoms with Gasteiger partial charge in [-0.05, 0) is 56.5 Å². The molecule has 2 aromatic rings. The average Bonchev–Trinajstić information content (AvgIpc) is 2.61. The van der Waals surface area contributed by atoms with Crippen molar-refractivity contribution in [2.24, 2.45) is 10.9 Å². The molecule has 0 spiro atoms. The van der Waals surface area contributed by atoms with Gasteiger partial charge >= 0.3 is 6.18 Å². The molecule has 0 N–H and O–H groups in total. The number of piperazine rings is 1. The van der Waals surface area contributed by atoms with E-state index < -0.39 is 11.7 Å². The van der Waals surface area contributed by atoms with Crippen molar-refractivity contribution in [1.29, 1.82) is 0 Å². The molecule has 148 valence electrons. The first-order chi connectivity index (χ1) is 13.3. The van der Waals surface area contributed by atoms with Crippen LogP contribution in [0.1, 0.15) is 36.8 Å². The Bertz CT molecular complexity index is 974. The Morgan fingerprint density at radius 2 is 1.75 bits per heavy atom. The van der Waals surface area contributed by atoms with Gasteiger partial charge in [0.25, 0.3) is 0 Å². The number of benzene rings is 1. The maximum atomic E-state index is 13.3. The number of hydrogen-bond acceptors (Lipinski definition) is 4. The minimum absolute atomic E-state index is 0.257. The van der Waals surface area contributed by atoms with Crippen molar-refractivity contribution in [2.45, 2.75) is 31.9 Å². The lowest BCUT2D eigenvalue weighted by molar-refractivity contribution is -0.137. The molecule has 1 aliphatic carbocycles. The molecular weight excluding hydrogens is 365 g/mol. The van der Waals surface area contributed by atoms with E-state index in [2.05, 4.69) is 16.8 Å². The highest BCUT2D eigenvalue weighted by molar-refractivity contribution is 6.00. The summed E-state index contributed by atoms with van der Waals surface area (Å²) >= 11 is 0. The summed E-state index contributed by atoms with van der Waals surface area (Å²) in [6, 6.07) is 3.95. The van der Waals surface area contributed by atoms with Crippen LogP contribution in [0.15, 0.2) is 23.2 Å². The third kappa shape index (κ3) is 2.70. The molecule has 28 heavy (non-hydrogen) atoms. The molecule has 1 saturated heterocycles. The number of pyridine rings is 1. The average molecular weight is 388 g/mol. The Kier molecular flexibility index (Phi) is 3.95. The highest BCUT2D eigenvalue weighted by atomic mass is 19.4. The lowest BCUT2D eigenvalue weighted by Gasteiger charge is -2.43. The summed E-state index contributed by atoms with van der Waals surface area (Å²) in [5, 5.41) is 0.619. The van der Waals surface area contributed by atoms with E-state index in [1.165, 1.54) is 12.1 Å². The largest absolute Gasteiger partial charge is 0.416 e. The molecular formula is C21H23F3N4. The first-order valence-electron chi connectivity index (χ1n) is 9.86. The number of aliphatic imine (C=N–C) groups is 1. The summed E-state index contributed by atoms with van der Waals surface area (Å²) in [7, 11) is 2.10. The first kappa shape index (κ1) is 17.9. The van der Waals surface area contributed by atoms with Gasteiger partial charge in [-0.15, -0.1) is 0 Å². The number of aromatic nitrogens is 1. The van der Waals surface area contributed by atoms with Crippen LogP contribution in [0.4, 0.5) is 24.7 Å². The number of alkyl halides is 3. The monoisotopic (exact) mass is 388 g/mol. The molecule has 2 unspecified atom stereocenters. The van der Waals surface area contributed by atoms with E-state index in [0.29, 0.717) is 16.8 Å². The fourth-order valence-corrected chi connectivity index (χ4v) is 4.77. The molecule has 7 heteroatoms. The lowest BCUT2D eigenvalue weighted by atomic mass is 9.65. The number of hydrogen-bond donors (Lipinski definition) is 0. The van der Waals surface area contributed by atoms with E-state index >= 15 is 0 Å². The molecule has 2 aliphatic heterocycles. The van der Waals surface area contributed by atoms with E-state index in [1.807, 2.05) is 6.92 Å². The summed E-state index contributed by atoms with van der Waals surface area (Å²) < 4.78 is 40.0. The van der Waals surface area contributed by atoms with Crippen LogP contribution >= 0.6 is 0 Å². The number of fused-ring (bicyclic) bond motifs is 5. The maximum absolute atomic E-state index is 13.3. The summed E-state index contributed by atoms with van der Waals surface area (Å²) in [4.78, 5) is 14.2. The van der Waals surface area contributed by atoms with E-state index in [0.717, 1.165) is 67.9 Å². The molecule has 0 radical (unpaired) electrons. The van der Waals surface area contributed by atoms with Gasteiger partial charge in [0.2, 0.25) is 0 Å². The van der Waals surface area contributed by atoms with Gasteiger partial charge in [-0.2, -0.15) is 13.2 Å². The van der Waals surface area contributed by atoms with Crippen LogP contribution in [0.2, 0.25) is 0 Å². The second-order valence-electron chi connectivity index (χ2n) is 8.26. The Labute approximate surface area is 162 Å². The van der Waals surface area contributed by atoms with Crippen molar-refractivity contribution in [2.75, 3.05) is 38.1 Å². The molecule has 0 amide bonds. The molecule has 3 aliphatic rings. The molecule has 1 saturated carbocycles. The summed E-state index contributed by atoms with van der Waals surface area (Å²) in [6.07, 6.45) is -2.29. The highest BCUT2D eigenvalue weighted by Crippen LogP contribution is 2.54. The van der Waals surface area contributed by atoms with Crippen molar-refractivity contribution in [1.82, 2.24) is 9.88 Å². The predicted octanol–water partition coefficient (Wildman–Crippen LogP) is 4.61. The van der Waals surface area contributed by atoms with Gasteiger partial charge in [0, 0.05) is 43.2 Å². The van der Waals surface area contributed by atoms with Crippen molar-refractivity contribution in [3.8, 4) is 0 Å². The highest BCUT2D eigenvalue weighted by Gasteiger charge is 2.41. The Hall–Kier alpha value is -2.15. The topological polar surface area (TPSA) is 31.7 Å². The van der Waals surface area contributed by atoms with E-state index in [-0.39, 0.29) is 5.92 Å². The number of halogens is 3. The van der Waals surface area contributed by atoms with Crippen molar-refractivity contribution < 1.29 is 13.2 Å². The fourth-order valence-electron chi connectivity index (χ4n) is 4.77. The molecule has 2 fully saturated rings. The second-order valence-corrected chi connectivity index (χ2v) is 8.26. The van der Waals surface area contributed by atoms with Gasteiger partial charge in [-0.1, -0.05) is 0 Å². The zero-order chi connectivity index (χ0) is 19.6. The third-order valence-electron chi connectivity index (χ3n) is 6.58. The molecule has 0 bridgehead atoms. The Morgan fingerprint density at radius 1 is 1.04 bits per heavy atom. The number of nitrogens with zero attached hydrogens (tertiary/aromatic N) is 4. The zero-order valence-electron chi connectivity index (χ0n) is 16.1. The second kappa shape index (κ2) is 6.17. The molecule has 3 heterocycles. The fraction of sp³-hybridized carbons (Fsp3) is 0.524. The van der Waals surface area contributed by atoms with Crippen molar-refractivity contribution in [3.05, 3.63) is 29.3 Å². The summed E-state index contributed by atoms with van der Waals surface area (Å²) in [6.45, 7) is 5.63. The summed E-state index contributed by atoms with van der Waals surface area (Å²) in [5.41, 5.74) is 2.90. The van der Waals surface area contributed by atoms with Crippen molar-refractivity contribution in [3.63, 3.8) is 0 Å². The Morgan fingerprint density at radius 3 is 2.39 bits per heavy atom. The standard InChI is InChI=1S/C21H23F3N4/c1-12-14-4-5-15(14)18-16-11-13(21(22,23)24)3-6-17(16)26-20(19(18)25-12)28-9-7-27(2)8-10-28/h3,6,11,14-15H,4-5,7-10H2,1-2H3. The van der Waals surface area contributed by atoms with Crippen LogP contribution in [0, 0.1) is 5.92 Å². The predicted molar refractivity (Wildman–Crippen MR) is 105 cm³/mol. The van der Waals surface area contributed by atoms with Gasteiger partial charge in [0.1, 0.15) is 5.69 Å². The number of rotatable bonds is 1. The Balaban J connectivity index is 1.73. The van der Waals surface area contributed by atoms with Crippen LogP contribution in [0.5, 0.6) is 0 Å². The third-order valence-corrected chi connectivity index (χ3v) is 6.58. The van der Waals surface area contributed by atoms with E-state index in [9.17, 15) is 13.2 Å². The van der Waals surface area contributed by atoms with E-state index in [4.69, 9.17) is 9.98 Å².